The van der Waals surface area contributed by atoms with Crippen LogP contribution < -0.4 is 4.74 Å². The average molecular weight is 356 g/mol. The summed E-state index contributed by atoms with van der Waals surface area (Å²) >= 11 is 0. The van der Waals surface area contributed by atoms with Gasteiger partial charge in [-0.15, -0.1) is 0 Å². The van der Waals surface area contributed by atoms with Crippen LogP contribution in [0, 0.1) is 0 Å². The van der Waals surface area contributed by atoms with Gasteiger partial charge in [-0.25, -0.2) is 0 Å². The molecule has 0 saturated carbocycles. The Labute approximate surface area is 160 Å². The molecule has 3 nitrogen and oxygen atoms in total. The van der Waals surface area contributed by atoms with E-state index >= 15 is 0 Å². The summed E-state index contributed by atoms with van der Waals surface area (Å²) in [6, 6.07) is 25.0. The van der Waals surface area contributed by atoms with Crippen LogP contribution in [0.5, 0.6) is 5.75 Å². The van der Waals surface area contributed by atoms with Crippen LogP contribution in [0.1, 0.15) is 17.7 Å². The van der Waals surface area contributed by atoms with Crippen molar-refractivity contribution in [3.05, 3.63) is 90.1 Å². The van der Waals surface area contributed by atoms with Crippen LogP contribution in [0.15, 0.2) is 78.9 Å². The molecule has 0 N–H and O–H groups in total. The number of hydrogen-bond donors (Lipinski definition) is 0. The highest BCUT2D eigenvalue weighted by molar-refractivity contribution is 5.66. The second kappa shape index (κ2) is 8.19. The molecule has 2 aromatic carbocycles. The van der Waals surface area contributed by atoms with E-state index in [9.17, 15) is 0 Å². The van der Waals surface area contributed by atoms with Crippen LogP contribution in [0.25, 0.3) is 16.8 Å². The van der Waals surface area contributed by atoms with E-state index in [1.165, 1.54) is 11.1 Å². The van der Waals surface area contributed by atoms with E-state index in [0.29, 0.717) is 0 Å². The van der Waals surface area contributed by atoms with Crippen LogP contribution in [0.4, 0.5) is 0 Å². The standard InChI is InChI=1S/C24H24N2O/c1-27-23-11-5-9-21(17-23)24-12-6-10-22(25-24)18-26-15-13-20(14-16-26)19-7-3-2-4-8-19/h2-13,17H,14-16,18H2,1H3. The highest BCUT2D eigenvalue weighted by Gasteiger charge is 2.14. The first-order valence-corrected chi connectivity index (χ1v) is 9.39. The van der Waals surface area contributed by atoms with Crippen molar-refractivity contribution in [3.8, 4) is 17.0 Å². The fourth-order valence-electron chi connectivity index (χ4n) is 3.51. The smallest absolute Gasteiger partial charge is 0.119 e. The molecule has 136 valence electrons. The lowest BCUT2D eigenvalue weighted by Gasteiger charge is -2.26. The third-order valence-corrected chi connectivity index (χ3v) is 5.00. The SMILES string of the molecule is COc1cccc(-c2cccc(CN3CC=C(c4ccccc4)CC3)n2)c1. The number of hydrogen-bond acceptors (Lipinski definition) is 3. The Hall–Kier alpha value is -2.91. The highest BCUT2D eigenvalue weighted by atomic mass is 16.5. The van der Waals surface area contributed by atoms with Gasteiger partial charge in [0.05, 0.1) is 18.5 Å². The molecule has 0 fully saturated rings. The van der Waals surface area contributed by atoms with Crippen LogP contribution in [0.2, 0.25) is 0 Å². The van der Waals surface area contributed by atoms with Crippen molar-refractivity contribution < 1.29 is 4.74 Å². The Morgan fingerprint density at radius 3 is 2.52 bits per heavy atom. The normalized spacial score (nSPS) is 14.6. The van der Waals surface area contributed by atoms with Crippen LogP contribution in [-0.4, -0.2) is 30.1 Å². The molecular weight excluding hydrogens is 332 g/mol. The van der Waals surface area contributed by atoms with E-state index in [4.69, 9.17) is 9.72 Å². The monoisotopic (exact) mass is 356 g/mol. The van der Waals surface area contributed by atoms with E-state index < -0.39 is 0 Å². The molecular formula is C24H24N2O. The maximum Gasteiger partial charge on any atom is 0.119 e. The van der Waals surface area contributed by atoms with Crippen molar-refractivity contribution in [1.29, 1.82) is 0 Å². The lowest BCUT2D eigenvalue weighted by molar-refractivity contribution is 0.290. The van der Waals surface area contributed by atoms with E-state index in [-0.39, 0.29) is 0 Å². The Bertz CT molecular complexity index is 934. The summed E-state index contributed by atoms with van der Waals surface area (Å²) in [5.41, 5.74) is 5.97. The molecule has 0 radical (unpaired) electrons. The molecule has 2 heterocycles. The van der Waals surface area contributed by atoms with Crippen molar-refractivity contribution in [2.24, 2.45) is 0 Å². The minimum absolute atomic E-state index is 0.856. The summed E-state index contributed by atoms with van der Waals surface area (Å²) in [6.45, 7) is 2.90. The largest absolute Gasteiger partial charge is 0.497 e. The van der Waals surface area contributed by atoms with Gasteiger partial charge in [0, 0.05) is 25.2 Å². The molecule has 0 aliphatic carbocycles. The van der Waals surface area contributed by atoms with Gasteiger partial charge in [-0.1, -0.05) is 54.6 Å². The number of rotatable bonds is 5. The van der Waals surface area contributed by atoms with Gasteiger partial charge in [-0.05, 0) is 41.8 Å². The van der Waals surface area contributed by atoms with Crippen molar-refractivity contribution in [2.75, 3.05) is 20.2 Å². The lowest BCUT2D eigenvalue weighted by Crippen LogP contribution is -2.28. The molecule has 0 amide bonds. The maximum absolute atomic E-state index is 5.33. The Kier molecular flexibility index (Phi) is 5.31. The number of pyridine rings is 1. The lowest BCUT2D eigenvalue weighted by atomic mass is 9.99. The Morgan fingerprint density at radius 1 is 0.926 bits per heavy atom. The molecule has 0 spiro atoms. The molecule has 0 saturated heterocycles. The Morgan fingerprint density at radius 2 is 1.74 bits per heavy atom. The van der Waals surface area contributed by atoms with Crippen LogP contribution in [-0.2, 0) is 6.54 Å². The molecule has 27 heavy (non-hydrogen) atoms. The zero-order chi connectivity index (χ0) is 18.5. The minimum atomic E-state index is 0.856. The van der Waals surface area contributed by atoms with Gasteiger partial charge in [0.2, 0.25) is 0 Å². The predicted octanol–water partition coefficient (Wildman–Crippen LogP) is 5.05. The number of benzene rings is 2. The third kappa shape index (κ3) is 4.26. The fourth-order valence-corrected chi connectivity index (χ4v) is 3.51. The molecule has 1 aromatic heterocycles. The first-order valence-electron chi connectivity index (χ1n) is 9.39. The van der Waals surface area contributed by atoms with Crippen molar-refractivity contribution in [3.63, 3.8) is 0 Å². The maximum atomic E-state index is 5.33. The number of aromatic nitrogens is 1. The van der Waals surface area contributed by atoms with E-state index in [1.807, 2.05) is 18.2 Å². The van der Waals surface area contributed by atoms with Crippen molar-refractivity contribution in [2.45, 2.75) is 13.0 Å². The number of ether oxygens (including phenoxy) is 1. The van der Waals surface area contributed by atoms with Gasteiger partial charge in [0.1, 0.15) is 5.75 Å². The minimum Gasteiger partial charge on any atom is -0.497 e. The molecule has 0 atom stereocenters. The van der Waals surface area contributed by atoms with E-state index in [0.717, 1.165) is 48.8 Å². The molecule has 1 aliphatic heterocycles. The second-order valence-corrected chi connectivity index (χ2v) is 6.83. The molecule has 3 aromatic rings. The van der Waals surface area contributed by atoms with E-state index in [2.05, 4.69) is 65.6 Å². The summed E-state index contributed by atoms with van der Waals surface area (Å²) in [7, 11) is 1.69. The third-order valence-electron chi connectivity index (χ3n) is 5.00. The predicted molar refractivity (Wildman–Crippen MR) is 111 cm³/mol. The Balaban J connectivity index is 1.45. The fraction of sp³-hybridized carbons (Fsp3) is 0.208. The molecule has 0 bridgehead atoms. The van der Waals surface area contributed by atoms with Gasteiger partial charge in [0.25, 0.3) is 0 Å². The zero-order valence-electron chi connectivity index (χ0n) is 15.6. The van der Waals surface area contributed by atoms with Gasteiger partial charge in [0.15, 0.2) is 0 Å². The van der Waals surface area contributed by atoms with Crippen LogP contribution in [0.3, 0.4) is 0 Å². The molecule has 0 unspecified atom stereocenters. The summed E-state index contributed by atoms with van der Waals surface area (Å²) in [4.78, 5) is 7.32. The van der Waals surface area contributed by atoms with Gasteiger partial charge < -0.3 is 4.74 Å². The summed E-state index contributed by atoms with van der Waals surface area (Å²) < 4.78 is 5.33. The second-order valence-electron chi connectivity index (χ2n) is 6.83. The number of nitrogens with zero attached hydrogens (tertiary/aromatic N) is 2. The molecule has 3 heteroatoms. The van der Waals surface area contributed by atoms with Crippen molar-refractivity contribution >= 4 is 5.57 Å². The summed E-state index contributed by atoms with van der Waals surface area (Å²) in [6.07, 6.45) is 3.43. The first-order chi connectivity index (χ1) is 13.3. The van der Waals surface area contributed by atoms with Crippen molar-refractivity contribution in [1.82, 2.24) is 9.88 Å². The van der Waals surface area contributed by atoms with Gasteiger partial charge in [-0.2, -0.15) is 0 Å². The van der Waals surface area contributed by atoms with Crippen LogP contribution >= 0.6 is 0 Å². The van der Waals surface area contributed by atoms with E-state index in [1.54, 1.807) is 7.11 Å². The highest BCUT2D eigenvalue weighted by Crippen LogP contribution is 2.24. The number of methoxy groups -OCH3 is 1. The van der Waals surface area contributed by atoms with Gasteiger partial charge in [-0.3, -0.25) is 9.88 Å². The summed E-state index contributed by atoms with van der Waals surface area (Å²) in [5.74, 6) is 0.856. The average Bonchev–Trinajstić information content (AvgIpc) is 2.75. The topological polar surface area (TPSA) is 25.4 Å². The summed E-state index contributed by atoms with van der Waals surface area (Å²) in [5, 5.41) is 0. The molecule has 1 aliphatic rings. The first kappa shape index (κ1) is 17.5. The quantitative estimate of drug-likeness (QED) is 0.640. The van der Waals surface area contributed by atoms with Gasteiger partial charge >= 0.3 is 0 Å². The molecule has 4 rings (SSSR count). The zero-order valence-corrected chi connectivity index (χ0v) is 15.6.